The lowest BCUT2D eigenvalue weighted by Gasteiger charge is -2.17. The minimum Gasteiger partial charge on any atom is -0.382 e. The van der Waals surface area contributed by atoms with E-state index in [1.165, 1.54) is 18.2 Å². The van der Waals surface area contributed by atoms with Gasteiger partial charge in [-0.1, -0.05) is 17.7 Å². The van der Waals surface area contributed by atoms with Crippen LogP contribution in [-0.4, -0.2) is 61.6 Å². The third-order valence-electron chi connectivity index (χ3n) is 6.19. The molecule has 39 heavy (non-hydrogen) atoms. The van der Waals surface area contributed by atoms with Crippen LogP contribution in [0.3, 0.4) is 0 Å². The summed E-state index contributed by atoms with van der Waals surface area (Å²) in [7, 11) is 0. The zero-order chi connectivity index (χ0) is 28.1. The Bertz CT molecular complexity index is 1590. The Morgan fingerprint density at radius 2 is 1.87 bits per heavy atom. The van der Waals surface area contributed by atoms with Crippen molar-refractivity contribution in [3.05, 3.63) is 76.6 Å². The number of rotatable bonds is 4. The molecule has 0 aliphatic carbocycles. The van der Waals surface area contributed by atoms with E-state index in [1.54, 1.807) is 0 Å². The number of hydrogen-bond acceptors (Lipinski definition) is 6. The molecule has 1 saturated heterocycles. The van der Waals surface area contributed by atoms with Crippen molar-refractivity contribution in [2.75, 3.05) is 18.8 Å². The van der Waals surface area contributed by atoms with Gasteiger partial charge < -0.3 is 16.0 Å². The van der Waals surface area contributed by atoms with Gasteiger partial charge in [-0.05, 0) is 30.3 Å². The molecule has 2 atom stereocenters. The quantitative estimate of drug-likeness (QED) is 0.364. The molecule has 0 spiro atoms. The molecule has 1 aliphatic rings. The molecule has 3 N–H and O–H groups in total. The Morgan fingerprint density at radius 3 is 2.56 bits per heavy atom. The fourth-order valence-corrected chi connectivity index (χ4v) is 4.53. The van der Waals surface area contributed by atoms with E-state index in [4.69, 9.17) is 17.3 Å². The van der Waals surface area contributed by atoms with Crippen LogP contribution in [0.2, 0.25) is 5.02 Å². The van der Waals surface area contributed by atoms with Gasteiger partial charge in [0, 0.05) is 12.1 Å². The average molecular weight is 566 g/mol. The van der Waals surface area contributed by atoms with Crippen molar-refractivity contribution in [1.29, 1.82) is 0 Å². The highest BCUT2D eigenvalue weighted by Gasteiger charge is 2.38. The maximum absolute atomic E-state index is 14.8. The Morgan fingerprint density at radius 1 is 1.10 bits per heavy atom. The maximum Gasteiger partial charge on any atom is 0.418 e. The molecule has 0 saturated carbocycles. The summed E-state index contributed by atoms with van der Waals surface area (Å²) in [5.74, 6) is -2.48. The highest BCUT2D eigenvalue weighted by atomic mass is 35.5. The number of nitrogens with one attached hydrogen (secondary N) is 1. The molecule has 5 rings (SSSR count). The first-order chi connectivity index (χ1) is 18.4. The van der Waals surface area contributed by atoms with E-state index in [2.05, 4.69) is 20.4 Å². The second-order valence-corrected chi connectivity index (χ2v) is 9.12. The summed E-state index contributed by atoms with van der Waals surface area (Å²) in [5.41, 5.74) is 4.05. The summed E-state index contributed by atoms with van der Waals surface area (Å²) in [4.78, 5) is 34.1. The summed E-state index contributed by atoms with van der Waals surface area (Å²) in [6.07, 6.45) is -4.55. The standard InChI is InChI=1S/C24H17ClF5N7O2/c25-15-3-1-11(19-6-14(24(28,29)30)20-21(31)33-10-34-37(19)20)5-13(15)22(38)35-18-9-36(8-16(18)27)23(39)17-4-2-12(26)7-32-17/h1-7,10,16,18H,8-9H2,(H,35,38)(H2,31,33,34)/t16-,18+/m0/s1. The van der Waals surface area contributed by atoms with Crippen molar-refractivity contribution in [2.24, 2.45) is 0 Å². The first kappa shape index (κ1) is 26.3. The molecule has 15 heteroatoms. The van der Waals surface area contributed by atoms with Gasteiger partial charge in [0.15, 0.2) is 5.82 Å². The van der Waals surface area contributed by atoms with Crippen molar-refractivity contribution in [1.82, 2.24) is 29.8 Å². The first-order valence-corrected chi connectivity index (χ1v) is 11.7. The van der Waals surface area contributed by atoms with E-state index in [-0.39, 0.29) is 46.4 Å². The Balaban J connectivity index is 1.40. The maximum atomic E-state index is 14.8. The molecule has 1 aromatic carbocycles. The summed E-state index contributed by atoms with van der Waals surface area (Å²) in [6.45, 7) is -0.537. The predicted molar refractivity (Wildman–Crippen MR) is 129 cm³/mol. The largest absolute Gasteiger partial charge is 0.418 e. The summed E-state index contributed by atoms with van der Waals surface area (Å²) < 4.78 is 69.9. The van der Waals surface area contributed by atoms with Crippen LogP contribution in [0.1, 0.15) is 26.4 Å². The monoisotopic (exact) mass is 565 g/mol. The van der Waals surface area contributed by atoms with Gasteiger partial charge in [-0.15, -0.1) is 0 Å². The lowest BCUT2D eigenvalue weighted by Crippen LogP contribution is -2.42. The molecule has 0 bridgehead atoms. The zero-order valence-electron chi connectivity index (χ0n) is 19.6. The van der Waals surface area contributed by atoms with Gasteiger partial charge in [-0.2, -0.15) is 18.3 Å². The molecule has 0 unspecified atom stereocenters. The van der Waals surface area contributed by atoms with Gasteiger partial charge in [0.25, 0.3) is 11.8 Å². The van der Waals surface area contributed by atoms with Crippen LogP contribution in [0.5, 0.6) is 0 Å². The van der Waals surface area contributed by atoms with Gasteiger partial charge in [-0.3, -0.25) is 9.59 Å². The van der Waals surface area contributed by atoms with Crippen LogP contribution in [0.4, 0.5) is 27.8 Å². The number of benzene rings is 1. The highest BCUT2D eigenvalue weighted by molar-refractivity contribution is 6.34. The van der Waals surface area contributed by atoms with Crippen LogP contribution in [0, 0.1) is 5.82 Å². The van der Waals surface area contributed by atoms with E-state index in [9.17, 15) is 31.5 Å². The number of fused-ring (bicyclic) bond motifs is 1. The molecule has 1 fully saturated rings. The number of halogens is 6. The molecule has 3 aromatic heterocycles. The second kappa shape index (κ2) is 9.76. The van der Waals surface area contributed by atoms with Crippen LogP contribution < -0.4 is 11.1 Å². The Kier molecular flexibility index (Phi) is 6.58. The van der Waals surface area contributed by atoms with E-state index in [1.807, 2.05) is 0 Å². The second-order valence-electron chi connectivity index (χ2n) is 8.71. The lowest BCUT2D eigenvalue weighted by molar-refractivity contribution is -0.136. The molecule has 0 radical (unpaired) electrons. The number of pyridine rings is 1. The van der Waals surface area contributed by atoms with E-state index in [0.29, 0.717) is 0 Å². The van der Waals surface area contributed by atoms with Crippen LogP contribution >= 0.6 is 11.6 Å². The zero-order valence-corrected chi connectivity index (χ0v) is 20.3. The van der Waals surface area contributed by atoms with E-state index < -0.39 is 47.1 Å². The number of amides is 2. The fraction of sp³-hybridized carbons (Fsp3) is 0.208. The topological polar surface area (TPSA) is 119 Å². The number of aromatic nitrogens is 4. The molecule has 4 aromatic rings. The Labute approximate surface area is 221 Å². The van der Waals surface area contributed by atoms with Crippen LogP contribution in [0.15, 0.2) is 48.9 Å². The molecule has 9 nitrogen and oxygen atoms in total. The van der Waals surface area contributed by atoms with E-state index in [0.717, 1.165) is 40.1 Å². The normalized spacial score (nSPS) is 17.5. The number of carbonyl (C=O) groups excluding carboxylic acids is 2. The van der Waals surface area contributed by atoms with Gasteiger partial charge in [-0.25, -0.2) is 23.3 Å². The van der Waals surface area contributed by atoms with Gasteiger partial charge in [0.2, 0.25) is 0 Å². The first-order valence-electron chi connectivity index (χ1n) is 11.3. The van der Waals surface area contributed by atoms with E-state index >= 15 is 0 Å². The van der Waals surface area contributed by atoms with Gasteiger partial charge in [0.1, 0.15) is 29.5 Å². The Hall–Kier alpha value is -4.33. The molecule has 202 valence electrons. The summed E-state index contributed by atoms with van der Waals surface area (Å²) in [5, 5.41) is 6.31. The molecular formula is C24H17ClF5N7O2. The minimum absolute atomic E-state index is 0.0371. The number of nitrogen functional groups attached to an aromatic ring is 1. The molecule has 2 amide bonds. The third-order valence-corrected chi connectivity index (χ3v) is 6.52. The number of anilines is 1. The fourth-order valence-electron chi connectivity index (χ4n) is 4.32. The number of nitrogens with two attached hydrogens (primary N) is 1. The minimum atomic E-state index is -4.76. The van der Waals surface area contributed by atoms with Crippen molar-refractivity contribution >= 4 is 34.7 Å². The van der Waals surface area contributed by atoms with Crippen LogP contribution in [0.25, 0.3) is 16.8 Å². The molecular weight excluding hydrogens is 549 g/mol. The van der Waals surface area contributed by atoms with Crippen molar-refractivity contribution in [3.63, 3.8) is 0 Å². The van der Waals surface area contributed by atoms with Gasteiger partial charge in [0.05, 0.1) is 40.6 Å². The van der Waals surface area contributed by atoms with Crippen molar-refractivity contribution < 1.29 is 31.5 Å². The molecule has 4 heterocycles. The lowest BCUT2D eigenvalue weighted by atomic mass is 10.1. The highest BCUT2D eigenvalue weighted by Crippen LogP contribution is 2.39. The SMILES string of the molecule is Nc1ncnn2c(-c3ccc(Cl)c(C(=O)N[C@@H]4CN(C(=O)c5ccc(F)cn5)C[C@@H]4F)c3)cc(C(F)(F)F)c12. The number of hydrogen-bond donors (Lipinski definition) is 2. The smallest absolute Gasteiger partial charge is 0.382 e. The average Bonchev–Trinajstić information content (AvgIpc) is 3.46. The van der Waals surface area contributed by atoms with Crippen LogP contribution in [-0.2, 0) is 6.18 Å². The summed E-state index contributed by atoms with van der Waals surface area (Å²) in [6, 6.07) is 5.86. The molecule has 1 aliphatic heterocycles. The number of carbonyl (C=O) groups is 2. The van der Waals surface area contributed by atoms with Gasteiger partial charge >= 0.3 is 6.18 Å². The number of likely N-dealkylation sites (tertiary alicyclic amines) is 1. The van der Waals surface area contributed by atoms with Crippen molar-refractivity contribution in [2.45, 2.75) is 18.4 Å². The number of nitrogens with zero attached hydrogens (tertiary/aromatic N) is 5. The third kappa shape index (κ3) is 4.94. The predicted octanol–water partition coefficient (Wildman–Crippen LogP) is 3.78. The summed E-state index contributed by atoms with van der Waals surface area (Å²) >= 11 is 6.20. The number of alkyl halides is 4. The van der Waals surface area contributed by atoms with Crippen molar-refractivity contribution in [3.8, 4) is 11.3 Å².